The molecule has 0 aliphatic carbocycles. The van der Waals surface area contributed by atoms with E-state index in [9.17, 15) is 9.59 Å². The first-order chi connectivity index (χ1) is 17.5. The summed E-state index contributed by atoms with van der Waals surface area (Å²) < 4.78 is 5.32. The number of thiophene rings is 1. The normalized spacial score (nSPS) is 17.4. The van der Waals surface area contributed by atoms with Gasteiger partial charge in [-0.25, -0.2) is 0 Å². The Morgan fingerprint density at radius 1 is 1.14 bits per heavy atom. The third-order valence-electron chi connectivity index (χ3n) is 6.69. The van der Waals surface area contributed by atoms with Gasteiger partial charge in [-0.05, 0) is 54.1 Å². The maximum Gasteiger partial charge on any atom is 0.254 e. The monoisotopic (exact) mass is 506 g/mol. The minimum absolute atomic E-state index is 0.0230. The topological polar surface area (TPSA) is 87.9 Å². The molecule has 4 rings (SSSR count). The van der Waals surface area contributed by atoms with Crippen molar-refractivity contribution in [3.05, 3.63) is 87.6 Å². The largest absolute Gasteiger partial charge is 0.497 e. The molecular formula is C28H34N4O3S. The number of ether oxygens (including phenoxy) is 1. The Balaban J connectivity index is 1.63. The molecule has 2 heterocycles. The predicted octanol–water partition coefficient (Wildman–Crippen LogP) is 3.43. The van der Waals surface area contributed by atoms with Gasteiger partial charge in [0.15, 0.2) is 0 Å². The lowest BCUT2D eigenvalue weighted by Gasteiger charge is -2.29. The molecular weight excluding hydrogens is 472 g/mol. The quantitative estimate of drug-likeness (QED) is 0.440. The van der Waals surface area contributed by atoms with E-state index in [0.717, 1.165) is 13.1 Å². The van der Waals surface area contributed by atoms with Crippen LogP contribution in [0.25, 0.3) is 0 Å². The SMILES string of the molecule is COc1cccc(C(=O)N2CC(N(Cc3cccs3)Cc3ccccc3C)CC2C(=O)NCCN)c1. The van der Waals surface area contributed by atoms with Gasteiger partial charge in [-0.3, -0.25) is 14.5 Å². The van der Waals surface area contributed by atoms with Gasteiger partial charge < -0.3 is 20.7 Å². The number of aryl methyl sites for hydroxylation is 1. The lowest BCUT2D eigenvalue weighted by atomic mass is 10.1. The summed E-state index contributed by atoms with van der Waals surface area (Å²) in [6, 6.07) is 19.1. The van der Waals surface area contributed by atoms with Crippen LogP contribution in [-0.2, 0) is 17.9 Å². The van der Waals surface area contributed by atoms with Crippen molar-refractivity contribution in [2.75, 3.05) is 26.7 Å². The van der Waals surface area contributed by atoms with E-state index in [0.29, 0.717) is 37.4 Å². The lowest BCUT2D eigenvalue weighted by Crippen LogP contribution is -2.47. The third kappa shape index (κ3) is 6.13. The molecule has 8 heteroatoms. The minimum atomic E-state index is -0.567. The zero-order valence-electron chi connectivity index (χ0n) is 20.9. The van der Waals surface area contributed by atoms with Crippen LogP contribution in [0.4, 0.5) is 0 Å². The van der Waals surface area contributed by atoms with E-state index in [1.54, 1.807) is 47.6 Å². The van der Waals surface area contributed by atoms with Gasteiger partial charge in [0, 0.05) is 49.2 Å². The molecule has 3 N–H and O–H groups in total. The molecule has 36 heavy (non-hydrogen) atoms. The van der Waals surface area contributed by atoms with E-state index in [4.69, 9.17) is 10.5 Å². The third-order valence-corrected chi connectivity index (χ3v) is 7.55. The van der Waals surface area contributed by atoms with Crippen LogP contribution >= 0.6 is 11.3 Å². The number of benzene rings is 2. The second kappa shape index (κ2) is 12.2. The molecule has 0 saturated carbocycles. The van der Waals surface area contributed by atoms with Gasteiger partial charge in [0.2, 0.25) is 5.91 Å². The van der Waals surface area contributed by atoms with Gasteiger partial charge in [-0.1, -0.05) is 36.4 Å². The molecule has 0 radical (unpaired) electrons. The highest BCUT2D eigenvalue weighted by molar-refractivity contribution is 7.09. The number of carbonyl (C=O) groups excluding carboxylic acids is 2. The molecule has 2 amide bonds. The number of likely N-dealkylation sites (tertiary alicyclic amines) is 1. The number of carbonyl (C=O) groups is 2. The minimum Gasteiger partial charge on any atom is -0.497 e. The van der Waals surface area contributed by atoms with E-state index in [-0.39, 0.29) is 17.9 Å². The van der Waals surface area contributed by atoms with Gasteiger partial charge in [0.05, 0.1) is 7.11 Å². The highest BCUT2D eigenvalue weighted by Gasteiger charge is 2.42. The summed E-state index contributed by atoms with van der Waals surface area (Å²) in [5.41, 5.74) is 8.61. The van der Waals surface area contributed by atoms with E-state index < -0.39 is 6.04 Å². The lowest BCUT2D eigenvalue weighted by molar-refractivity contribution is -0.124. The van der Waals surface area contributed by atoms with Crippen LogP contribution in [0, 0.1) is 6.92 Å². The molecule has 0 bridgehead atoms. The molecule has 2 atom stereocenters. The van der Waals surface area contributed by atoms with Crippen LogP contribution in [0.2, 0.25) is 0 Å². The number of rotatable bonds is 10. The summed E-state index contributed by atoms with van der Waals surface area (Å²) >= 11 is 1.72. The van der Waals surface area contributed by atoms with Crippen LogP contribution in [0.15, 0.2) is 66.0 Å². The van der Waals surface area contributed by atoms with Crippen molar-refractivity contribution in [2.24, 2.45) is 5.73 Å². The molecule has 1 saturated heterocycles. The first-order valence-electron chi connectivity index (χ1n) is 12.2. The number of nitrogens with one attached hydrogen (secondary N) is 1. The Hall–Kier alpha value is -3.20. The van der Waals surface area contributed by atoms with Gasteiger partial charge in [-0.2, -0.15) is 0 Å². The second-order valence-electron chi connectivity index (χ2n) is 9.09. The smallest absolute Gasteiger partial charge is 0.254 e. The van der Waals surface area contributed by atoms with Crippen molar-refractivity contribution in [3.63, 3.8) is 0 Å². The van der Waals surface area contributed by atoms with Gasteiger partial charge in [0.1, 0.15) is 11.8 Å². The fraction of sp³-hybridized carbons (Fsp3) is 0.357. The van der Waals surface area contributed by atoms with Crippen LogP contribution in [-0.4, -0.2) is 60.4 Å². The molecule has 1 aromatic heterocycles. The van der Waals surface area contributed by atoms with Gasteiger partial charge >= 0.3 is 0 Å². The Labute approximate surface area is 216 Å². The van der Waals surface area contributed by atoms with Crippen LogP contribution in [0.1, 0.15) is 32.8 Å². The molecule has 2 unspecified atom stereocenters. The summed E-state index contributed by atoms with van der Waals surface area (Å²) in [5.74, 6) is 0.280. The number of nitrogens with two attached hydrogens (primary N) is 1. The number of methoxy groups -OCH3 is 1. The summed E-state index contributed by atoms with van der Waals surface area (Å²) in [7, 11) is 1.58. The first-order valence-corrected chi connectivity index (χ1v) is 13.1. The fourth-order valence-corrected chi connectivity index (χ4v) is 5.44. The van der Waals surface area contributed by atoms with Crippen molar-refractivity contribution in [2.45, 2.75) is 38.5 Å². The Morgan fingerprint density at radius 2 is 1.97 bits per heavy atom. The van der Waals surface area contributed by atoms with Crippen LogP contribution in [0.3, 0.4) is 0 Å². The number of hydrogen-bond acceptors (Lipinski definition) is 6. The molecule has 2 aromatic carbocycles. The average molecular weight is 507 g/mol. The second-order valence-corrected chi connectivity index (χ2v) is 10.1. The molecule has 7 nitrogen and oxygen atoms in total. The molecule has 190 valence electrons. The van der Waals surface area contributed by atoms with E-state index in [1.165, 1.54) is 16.0 Å². The molecule has 1 aliphatic rings. The summed E-state index contributed by atoms with van der Waals surface area (Å²) in [4.78, 5) is 32.2. The average Bonchev–Trinajstić information content (AvgIpc) is 3.58. The van der Waals surface area contributed by atoms with Crippen molar-refractivity contribution in [1.29, 1.82) is 0 Å². The molecule has 1 aliphatic heterocycles. The highest BCUT2D eigenvalue weighted by atomic mass is 32.1. The number of nitrogens with zero attached hydrogens (tertiary/aromatic N) is 2. The summed E-state index contributed by atoms with van der Waals surface area (Å²) in [6.07, 6.45) is 0.559. The maximum absolute atomic E-state index is 13.7. The Kier molecular flexibility index (Phi) is 8.74. The van der Waals surface area contributed by atoms with Crippen molar-refractivity contribution < 1.29 is 14.3 Å². The van der Waals surface area contributed by atoms with Gasteiger partial charge in [0.25, 0.3) is 5.91 Å². The zero-order chi connectivity index (χ0) is 25.5. The van der Waals surface area contributed by atoms with Gasteiger partial charge in [-0.15, -0.1) is 11.3 Å². The van der Waals surface area contributed by atoms with Crippen molar-refractivity contribution >= 4 is 23.2 Å². The van der Waals surface area contributed by atoms with Crippen LogP contribution in [0.5, 0.6) is 5.75 Å². The molecule has 3 aromatic rings. The Morgan fingerprint density at radius 3 is 2.69 bits per heavy atom. The van der Waals surface area contributed by atoms with E-state index in [2.05, 4.69) is 52.9 Å². The fourth-order valence-electron chi connectivity index (χ4n) is 4.71. The van der Waals surface area contributed by atoms with E-state index in [1.807, 2.05) is 6.07 Å². The van der Waals surface area contributed by atoms with E-state index >= 15 is 0 Å². The van der Waals surface area contributed by atoms with Crippen molar-refractivity contribution in [3.8, 4) is 5.75 Å². The first kappa shape index (κ1) is 25.9. The zero-order valence-corrected chi connectivity index (χ0v) is 21.7. The molecule has 1 fully saturated rings. The predicted molar refractivity (Wildman–Crippen MR) is 143 cm³/mol. The van der Waals surface area contributed by atoms with Crippen LogP contribution < -0.4 is 15.8 Å². The Bertz CT molecular complexity index is 1170. The number of amides is 2. The number of hydrogen-bond donors (Lipinski definition) is 2. The van der Waals surface area contributed by atoms with Crippen molar-refractivity contribution in [1.82, 2.24) is 15.1 Å². The molecule has 0 spiro atoms. The summed E-state index contributed by atoms with van der Waals surface area (Å²) in [6.45, 7) is 4.82. The highest BCUT2D eigenvalue weighted by Crippen LogP contribution is 2.29. The standard InChI is InChI=1S/C28H34N4O3S/c1-20-7-3-4-8-22(20)17-31(19-25-11-6-14-36-25)23-16-26(27(33)30-13-12-29)32(18-23)28(34)21-9-5-10-24(15-21)35-2/h3-11,14-15,23,26H,12-13,16-19,29H2,1-2H3,(H,30,33). The summed E-state index contributed by atoms with van der Waals surface area (Å²) in [5, 5.41) is 4.98. The maximum atomic E-state index is 13.7.